The van der Waals surface area contributed by atoms with Gasteiger partial charge in [0.05, 0.1) is 0 Å². The number of hydrogen-bond donors (Lipinski definition) is 0. The van der Waals surface area contributed by atoms with E-state index >= 15 is 0 Å². The highest BCUT2D eigenvalue weighted by atomic mass is 31.0. The molecule has 9 heteroatoms. The zero-order chi connectivity index (χ0) is 26.9. The second-order valence-electron chi connectivity index (χ2n) is 8.38. The fourth-order valence-electron chi connectivity index (χ4n) is 3.93. The first-order valence-corrected chi connectivity index (χ1v) is 11.8. The zero-order valence-electron chi connectivity index (χ0n) is 19.4. The predicted molar refractivity (Wildman–Crippen MR) is 131 cm³/mol. The Morgan fingerprint density at radius 2 is 1.30 bits per heavy atom. The summed E-state index contributed by atoms with van der Waals surface area (Å²) < 4.78 is 105. The van der Waals surface area contributed by atoms with Crippen LogP contribution in [-0.2, 0) is 12.5 Å². The normalized spacial score (nSPS) is 11.6. The molecule has 1 unspecified atom stereocenters. The second kappa shape index (κ2) is 10.5. The van der Waals surface area contributed by atoms with Crippen molar-refractivity contribution in [2.24, 2.45) is 0 Å². The first-order chi connectivity index (χ1) is 17.5. The van der Waals surface area contributed by atoms with Crippen LogP contribution in [0.3, 0.4) is 0 Å². The molecule has 0 fully saturated rings. The Morgan fingerprint density at radius 3 is 1.86 bits per heavy atom. The summed E-state index contributed by atoms with van der Waals surface area (Å²) in [5, 5.41) is -0.419. The number of halogens is 7. The lowest BCUT2D eigenvalue weighted by molar-refractivity contribution is -0.189. The van der Waals surface area contributed by atoms with Crippen molar-refractivity contribution in [3.05, 3.63) is 107 Å². The van der Waals surface area contributed by atoms with Crippen LogP contribution in [0.1, 0.15) is 24.5 Å². The molecule has 0 heterocycles. The Bertz CT molecular complexity index is 1410. The van der Waals surface area contributed by atoms with Crippen LogP contribution in [0.15, 0.2) is 66.7 Å². The fraction of sp³-hybridized carbons (Fsp3) is 0.143. The molecule has 1 nitrogen and oxygen atoms in total. The molecule has 1 atom stereocenters. The molecule has 0 spiro atoms. The van der Waals surface area contributed by atoms with Crippen molar-refractivity contribution in [2.45, 2.75) is 25.9 Å². The van der Waals surface area contributed by atoms with Gasteiger partial charge in [0.25, 0.3) is 0 Å². The van der Waals surface area contributed by atoms with Crippen molar-refractivity contribution >= 4 is 14.5 Å². The average Bonchev–Trinajstić information content (AvgIpc) is 2.82. The maximum Gasteiger partial charge on any atom is 0.432 e. The molecule has 37 heavy (non-hydrogen) atoms. The van der Waals surface area contributed by atoms with Gasteiger partial charge in [-0.25, -0.2) is 22.0 Å². The lowest BCUT2D eigenvalue weighted by atomic mass is 9.97. The molecule has 0 N–H and O–H groups in total. The van der Waals surface area contributed by atoms with Crippen LogP contribution in [0.2, 0.25) is 0 Å². The van der Waals surface area contributed by atoms with Gasteiger partial charge in [0.2, 0.25) is 0 Å². The van der Waals surface area contributed by atoms with Gasteiger partial charge >= 0.3 is 6.11 Å². The molecule has 4 aromatic rings. The quantitative estimate of drug-likeness (QED) is 0.171. The number of benzene rings is 4. The lowest BCUT2D eigenvalue weighted by Crippen LogP contribution is -2.26. The predicted octanol–water partition coefficient (Wildman–Crippen LogP) is 8.30. The van der Waals surface area contributed by atoms with Gasteiger partial charge in [-0.3, -0.25) is 0 Å². The van der Waals surface area contributed by atoms with E-state index in [0.717, 1.165) is 30.0 Å². The first-order valence-electron chi connectivity index (χ1n) is 11.2. The summed E-state index contributed by atoms with van der Waals surface area (Å²) in [4.78, 5) is 0. The maximum atomic E-state index is 14.9. The van der Waals surface area contributed by atoms with E-state index in [2.05, 4.69) is 11.7 Å². The van der Waals surface area contributed by atoms with Crippen molar-refractivity contribution in [3.63, 3.8) is 0 Å². The summed E-state index contributed by atoms with van der Waals surface area (Å²) in [7, 11) is 1.79. The van der Waals surface area contributed by atoms with Gasteiger partial charge in [0.1, 0.15) is 28.8 Å². The largest absolute Gasteiger partial charge is 0.432 e. The van der Waals surface area contributed by atoms with Crippen LogP contribution in [0.4, 0.5) is 30.7 Å². The Kier molecular flexibility index (Phi) is 7.60. The monoisotopic (exact) mass is 536 g/mol. The standard InChI is InChI=1S/C28H20F7OP/c1-2-3-15-4-6-16(7-5-15)17-8-9-20(21(29)10-17)18-11-22(30)26(23(31)12-18)28(34,35)36-19-13-24(32)27(33)25(37)14-19/h4-14H,2-3,37H2,1H3. The van der Waals surface area contributed by atoms with Gasteiger partial charge < -0.3 is 4.74 Å². The van der Waals surface area contributed by atoms with Crippen molar-refractivity contribution in [1.82, 2.24) is 0 Å². The van der Waals surface area contributed by atoms with E-state index in [-0.39, 0.29) is 11.1 Å². The molecule has 0 aliphatic carbocycles. The van der Waals surface area contributed by atoms with Crippen molar-refractivity contribution in [2.75, 3.05) is 0 Å². The van der Waals surface area contributed by atoms with Crippen LogP contribution < -0.4 is 10.0 Å². The van der Waals surface area contributed by atoms with Gasteiger partial charge in [0, 0.05) is 16.9 Å². The Labute approximate surface area is 211 Å². The van der Waals surface area contributed by atoms with Gasteiger partial charge in [-0.1, -0.05) is 49.7 Å². The van der Waals surface area contributed by atoms with Gasteiger partial charge in [-0.15, -0.1) is 9.24 Å². The highest BCUT2D eigenvalue weighted by molar-refractivity contribution is 7.27. The summed E-state index contributed by atoms with van der Waals surface area (Å²) in [5.74, 6) is -7.85. The number of ether oxygens (including phenoxy) is 1. The van der Waals surface area contributed by atoms with Gasteiger partial charge in [-0.05, 0) is 52.9 Å². The number of hydrogen-bond acceptors (Lipinski definition) is 1. The molecule has 0 aliphatic heterocycles. The Hall–Kier alpha value is -3.38. The molecule has 0 amide bonds. The molecule has 0 bridgehead atoms. The lowest BCUT2D eigenvalue weighted by Gasteiger charge is -2.20. The Balaban J connectivity index is 1.64. The van der Waals surface area contributed by atoms with E-state index < -0.39 is 51.8 Å². The second-order valence-corrected chi connectivity index (χ2v) is 9.01. The number of rotatable bonds is 7. The van der Waals surface area contributed by atoms with Gasteiger partial charge in [0.15, 0.2) is 11.6 Å². The van der Waals surface area contributed by atoms with E-state index in [1.807, 2.05) is 24.3 Å². The van der Waals surface area contributed by atoms with Crippen LogP contribution in [0.5, 0.6) is 5.75 Å². The topological polar surface area (TPSA) is 9.23 Å². The molecule has 0 aromatic heterocycles. The molecular weight excluding hydrogens is 516 g/mol. The van der Waals surface area contributed by atoms with Crippen molar-refractivity contribution in [3.8, 4) is 28.0 Å². The number of alkyl halides is 2. The Morgan fingerprint density at radius 1 is 0.703 bits per heavy atom. The van der Waals surface area contributed by atoms with E-state index in [1.54, 1.807) is 15.3 Å². The third-order valence-electron chi connectivity index (χ3n) is 5.72. The zero-order valence-corrected chi connectivity index (χ0v) is 20.6. The minimum Gasteiger partial charge on any atom is -0.429 e. The SMILES string of the molecule is CCCc1ccc(-c2ccc(-c3cc(F)c(C(F)(F)Oc4cc(F)c(F)c(P)c4)c(F)c3)c(F)c2)cc1. The van der Waals surface area contributed by atoms with Crippen LogP contribution in [-0.4, -0.2) is 0 Å². The molecule has 0 saturated heterocycles. The summed E-state index contributed by atoms with van der Waals surface area (Å²) in [6.07, 6.45) is -2.69. The highest BCUT2D eigenvalue weighted by Crippen LogP contribution is 2.38. The molecule has 0 radical (unpaired) electrons. The first kappa shape index (κ1) is 26.7. The summed E-state index contributed by atoms with van der Waals surface area (Å²) in [6, 6.07) is 13.7. The summed E-state index contributed by atoms with van der Waals surface area (Å²) in [5.41, 5.74) is 0.136. The average molecular weight is 536 g/mol. The van der Waals surface area contributed by atoms with Crippen molar-refractivity contribution in [1.29, 1.82) is 0 Å². The number of aryl methyl sites for hydroxylation is 1. The third-order valence-corrected chi connectivity index (χ3v) is 6.14. The minimum atomic E-state index is -4.58. The van der Waals surface area contributed by atoms with Crippen molar-refractivity contribution < 1.29 is 35.5 Å². The smallest absolute Gasteiger partial charge is 0.429 e. The molecular formula is C28H20F7OP. The minimum absolute atomic E-state index is 0.201. The van der Waals surface area contributed by atoms with E-state index in [1.165, 1.54) is 12.1 Å². The van der Waals surface area contributed by atoms with E-state index in [4.69, 9.17) is 0 Å². The van der Waals surface area contributed by atoms with Crippen LogP contribution in [0.25, 0.3) is 22.3 Å². The summed E-state index contributed by atoms with van der Waals surface area (Å²) >= 11 is 0. The molecule has 192 valence electrons. The highest BCUT2D eigenvalue weighted by Gasteiger charge is 2.41. The van der Waals surface area contributed by atoms with Gasteiger partial charge in [-0.2, -0.15) is 8.78 Å². The third kappa shape index (κ3) is 5.64. The fourth-order valence-corrected chi connectivity index (χ4v) is 4.23. The molecule has 0 aliphatic rings. The summed E-state index contributed by atoms with van der Waals surface area (Å²) in [6.45, 7) is 2.06. The molecule has 4 aromatic carbocycles. The van der Waals surface area contributed by atoms with Crippen LogP contribution in [0, 0.1) is 29.1 Å². The molecule has 0 saturated carbocycles. The van der Waals surface area contributed by atoms with Crippen LogP contribution >= 0.6 is 9.24 Å². The van der Waals surface area contributed by atoms with E-state index in [0.29, 0.717) is 23.8 Å². The molecule has 4 rings (SSSR count). The van der Waals surface area contributed by atoms with E-state index in [9.17, 15) is 30.7 Å². The maximum absolute atomic E-state index is 14.9.